The molecule has 0 bridgehead atoms. The number of amides is 1. The van der Waals surface area contributed by atoms with E-state index in [1.807, 2.05) is 12.1 Å². The van der Waals surface area contributed by atoms with Crippen LogP contribution in [0.3, 0.4) is 0 Å². The number of nitrogens with zero attached hydrogens (tertiary/aromatic N) is 2. The van der Waals surface area contributed by atoms with Gasteiger partial charge in [-0.3, -0.25) is 4.79 Å². The molecule has 0 saturated carbocycles. The minimum absolute atomic E-state index is 0.329. The molecule has 3 N–H and O–H groups in total. The van der Waals surface area contributed by atoms with E-state index in [9.17, 15) is 4.79 Å². The van der Waals surface area contributed by atoms with Crippen LogP contribution in [-0.4, -0.2) is 36.6 Å². The number of nitrogens with two attached hydrogens (primary N) is 1. The van der Waals surface area contributed by atoms with Crippen molar-refractivity contribution in [3.63, 3.8) is 0 Å². The van der Waals surface area contributed by atoms with Gasteiger partial charge in [-0.1, -0.05) is 6.07 Å². The van der Waals surface area contributed by atoms with Crippen LogP contribution in [0, 0.1) is 5.92 Å². The number of rotatable bonds is 5. The summed E-state index contributed by atoms with van der Waals surface area (Å²) in [6.45, 7) is 7.43. The van der Waals surface area contributed by atoms with Gasteiger partial charge in [0.2, 0.25) is 0 Å². The van der Waals surface area contributed by atoms with Crippen LogP contribution in [0.2, 0.25) is 0 Å². The second-order valence-electron chi connectivity index (χ2n) is 5.70. The van der Waals surface area contributed by atoms with E-state index >= 15 is 0 Å². The fourth-order valence-corrected chi connectivity index (χ4v) is 2.65. The molecule has 110 valence electrons. The fraction of sp³-hybridized carbons (Fsp3) is 0.600. The molecular formula is C15H24N4O. The van der Waals surface area contributed by atoms with Gasteiger partial charge in [0, 0.05) is 12.6 Å². The first kappa shape index (κ1) is 14.8. The standard InChI is InChI=1S/C15H24N4O/c1-11(2)19(10-12-5-4-8-17-9-12)14-7-3-6-13(18-14)15(16)20/h3,6-7,11-12,17H,4-5,8-10H2,1-2H3,(H2,16,20). The van der Waals surface area contributed by atoms with Gasteiger partial charge >= 0.3 is 0 Å². The van der Waals surface area contributed by atoms with Crippen LogP contribution in [0.1, 0.15) is 37.2 Å². The van der Waals surface area contributed by atoms with Gasteiger partial charge < -0.3 is 16.0 Å². The first-order valence-corrected chi connectivity index (χ1v) is 7.32. The molecule has 0 spiro atoms. The molecule has 1 aromatic heterocycles. The molecule has 1 atom stereocenters. The van der Waals surface area contributed by atoms with Crippen LogP contribution >= 0.6 is 0 Å². The molecule has 1 aromatic rings. The zero-order valence-electron chi connectivity index (χ0n) is 12.3. The Bertz CT molecular complexity index is 455. The molecule has 1 unspecified atom stereocenters. The molecule has 20 heavy (non-hydrogen) atoms. The molecule has 0 aliphatic carbocycles. The Morgan fingerprint density at radius 3 is 2.95 bits per heavy atom. The Hall–Kier alpha value is -1.62. The largest absolute Gasteiger partial charge is 0.364 e. The van der Waals surface area contributed by atoms with Gasteiger partial charge in [0.15, 0.2) is 0 Å². The van der Waals surface area contributed by atoms with E-state index in [0.717, 1.165) is 25.5 Å². The van der Waals surface area contributed by atoms with E-state index in [-0.39, 0.29) is 0 Å². The molecule has 1 aliphatic rings. The predicted molar refractivity (Wildman–Crippen MR) is 80.8 cm³/mol. The Kier molecular flexibility index (Phi) is 4.95. The summed E-state index contributed by atoms with van der Waals surface area (Å²) < 4.78 is 0. The number of aromatic nitrogens is 1. The molecule has 0 radical (unpaired) electrons. The van der Waals surface area contributed by atoms with Gasteiger partial charge in [0.05, 0.1) is 0 Å². The summed E-state index contributed by atoms with van der Waals surface area (Å²) in [7, 11) is 0. The molecule has 5 heteroatoms. The molecule has 0 aromatic carbocycles. The Morgan fingerprint density at radius 2 is 2.35 bits per heavy atom. The van der Waals surface area contributed by atoms with Crippen molar-refractivity contribution < 1.29 is 4.79 Å². The second kappa shape index (κ2) is 6.70. The van der Waals surface area contributed by atoms with Gasteiger partial charge in [-0.15, -0.1) is 0 Å². The molecule has 1 saturated heterocycles. The summed E-state index contributed by atoms with van der Waals surface area (Å²) in [6, 6.07) is 5.79. The number of nitrogens with one attached hydrogen (secondary N) is 1. The van der Waals surface area contributed by atoms with Crippen LogP contribution in [0.5, 0.6) is 0 Å². The summed E-state index contributed by atoms with van der Waals surface area (Å²) >= 11 is 0. The van der Waals surface area contributed by atoms with Gasteiger partial charge in [0.25, 0.3) is 5.91 Å². The van der Waals surface area contributed by atoms with Gasteiger partial charge in [-0.2, -0.15) is 0 Å². The fourth-order valence-electron chi connectivity index (χ4n) is 2.65. The summed E-state index contributed by atoms with van der Waals surface area (Å²) in [6.07, 6.45) is 2.47. The van der Waals surface area contributed by atoms with Gasteiger partial charge in [-0.25, -0.2) is 4.98 Å². The maximum Gasteiger partial charge on any atom is 0.267 e. The number of carbonyl (C=O) groups excluding carboxylic acids is 1. The van der Waals surface area contributed by atoms with E-state index in [2.05, 4.69) is 29.0 Å². The van der Waals surface area contributed by atoms with Crippen molar-refractivity contribution in [2.24, 2.45) is 11.7 Å². The smallest absolute Gasteiger partial charge is 0.267 e. The summed E-state index contributed by atoms with van der Waals surface area (Å²) in [5.41, 5.74) is 5.64. The topological polar surface area (TPSA) is 71.2 Å². The third kappa shape index (κ3) is 3.70. The Morgan fingerprint density at radius 1 is 1.55 bits per heavy atom. The third-order valence-corrected chi connectivity index (χ3v) is 3.76. The van der Waals surface area contributed by atoms with E-state index < -0.39 is 5.91 Å². The van der Waals surface area contributed by atoms with E-state index in [4.69, 9.17) is 5.73 Å². The lowest BCUT2D eigenvalue weighted by Gasteiger charge is -2.33. The average Bonchev–Trinajstić information content (AvgIpc) is 2.45. The molecule has 1 aliphatic heterocycles. The van der Waals surface area contributed by atoms with Crippen LogP contribution < -0.4 is 16.0 Å². The van der Waals surface area contributed by atoms with Crippen molar-refractivity contribution in [2.45, 2.75) is 32.7 Å². The average molecular weight is 276 g/mol. The SMILES string of the molecule is CC(C)N(CC1CCCNC1)c1cccc(C(N)=O)n1. The summed E-state index contributed by atoms with van der Waals surface area (Å²) in [4.78, 5) is 17.9. The Balaban J connectivity index is 2.15. The highest BCUT2D eigenvalue weighted by molar-refractivity contribution is 5.91. The van der Waals surface area contributed by atoms with Crippen molar-refractivity contribution in [3.8, 4) is 0 Å². The summed E-state index contributed by atoms with van der Waals surface area (Å²) in [5, 5.41) is 3.44. The number of hydrogen-bond donors (Lipinski definition) is 2. The highest BCUT2D eigenvalue weighted by atomic mass is 16.1. The van der Waals surface area contributed by atoms with Crippen LogP contribution in [0.15, 0.2) is 18.2 Å². The van der Waals surface area contributed by atoms with Crippen molar-refractivity contribution in [2.75, 3.05) is 24.5 Å². The summed E-state index contributed by atoms with van der Waals surface area (Å²) in [5.74, 6) is 0.988. The number of anilines is 1. The number of hydrogen-bond acceptors (Lipinski definition) is 4. The van der Waals surface area contributed by atoms with Crippen LogP contribution in [0.4, 0.5) is 5.82 Å². The lowest BCUT2D eigenvalue weighted by atomic mass is 9.98. The van der Waals surface area contributed by atoms with Gasteiger partial charge in [0.1, 0.15) is 11.5 Å². The zero-order chi connectivity index (χ0) is 14.5. The lowest BCUT2D eigenvalue weighted by Crippen LogP contribution is -2.41. The molecule has 1 fully saturated rings. The maximum absolute atomic E-state index is 11.3. The van der Waals surface area contributed by atoms with Crippen molar-refractivity contribution in [1.29, 1.82) is 0 Å². The molecule has 1 amide bonds. The predicted octanol–water partition coefficient (Wildman–Crippen LogP) is 1.39. The van der Waals surface area contributed by atoms with E-state index in [0.29, 0.717) is 17.7 Å². The molecular weight excluding hydrogens is 252 g/mol. The van der Waals surface area contributed by atoms with Crippen LogP contribution in [-0.2, 0) is 0 Å². The number of carbonyl (C=O) groups is 1. The Labute approximate surface area is 120 Å². The monoisotopic (exact) mass is 276 g/mol. The lowest BCUT2D eigenvalue weighted by molar-refractivity contribution is 0.0995. The first-order chi connectivity index (χ1) is 9.58. The highest BCUT2D eigenvalue weighted by Crippen LogP contribution is 2.19. The highest BCUT2D eigenvalue weighted by Gasteiger charge is 2.20. The van der Waals surface area contributed by atoms with Crippen molar-refractivity contribution >= 4 is 11.7 Å². The normalized spacial score (nSPS) is 19.1. The zero-order valence-corrected chi connectivity index (χ0v) is 12.3. The molecule has 2 rings (SSSR count). The van der Waals surface area contributed by atoms with Gasteiger partial charge in [-0.05, 0) is 57.8 Å². The second-order valence-corrected chi connectivity index (χ2v) is 5.70. The quantitative estimate of drug-likeness (QED) is 0.852. The van der Waals surface area contributed by atoms with Crippen LogP contribution in [0.25, 0.3) is 0 Å². The third-order valence-electron chi connectivity index (χ3n) is 3.76. The van der Waals surface area contributed by atoms with E-state index in [1.54, 1.807) is 6.07 Å². The minimum atomic E-state index is -0.477. The number of pyridine rings is 1. The maximum atomic E-state index is 11.3. The van der Waals surface area contributed by atoms with Crippen molar-refractivity contribution in [3.05, 3.63) is 23.9 Å². The number of piperidine rings is 1. The first-order valence-electron chi connectivity index (χ1n) is 7.32. The van der Waals surface area contributed by atoms with E-state index in [1.165, 1.54) is 12.8 Å². The number of primary amides is 1. The molecule has 2 heterocycles. The minimum Gasteiger partial charge on any atom is -0.364 e. The van der Waals surface area contributed by atoms with Crippen molar-refractivity contribution in [1.82, 2.24) is 10.3 Å². The molecule has 5 nitrogen and oxygen atoms in total.